The quantitative estimate of drug-likeness (QED) is 0.867. The number of halogens is 1. The molecule has 0 atom stereocenters. The van der Waals surface area contributed by atoms with E-state index in [1.165, 1.54) is 12.1 Å². The number of anilines is 1. The molecule has 1 amide bonds. The van der Waals surface area contributed by atoms with Gasteiger partial charge in [0.05, 0.1) is 11.3 Å². The first kappa shape index (κ1) is 14.0. The smallest absolute Gasteiger partial charge is 0.253 e. The van der Waals surface area contributed by atoms with Crippen LogP contribution in [0, 0.1) is 12.7 Å². The van der Waals surface area contributed by atoms with E-state index in [-0.39, 0.29) is 17.2 Å². The Bertz CT molecular complexity index is 612. The molecule has 0 radical (unpaired) electrons. The van der Waals surface area contributed by atoms with Gasteiger partial charge in [-0.15, -0.1) is 0 Å². The van der Waals surface area contributed by atoms with Gasteiger partial charge in [-0.25, -0.2) is 4.39 Å². The molecule has 20 heavy (non-hydrogen) atoms. The van der Waals surface area contributed by atoms with E-state index in [0.29, 0.717) is 24.7 Å². The van der Waals surface area contributed by atoms with Gasteiger partial charge in [0.15, 0.2) is 5.82 Å². The van der Waals surface area contributed by atoms with Crippen molar-refractivity contribution in [1.29, 1.82) is 0 Å². The van der Waals surface area contributed by atoms with Crippen LogP contribution in [0.4, 0.5) is 10.1 Å². The molecule has 0 aliphatic carbocycles. The average Bonchev–Trinajstić information content (AvgIpc) is 2.84. The monoisotopic (exact) mass is 278 g/mol. The number of para-hydroxylation sites is 1. The van der Waals surface area contributed by atoms with Crippen LogP contribution in [0.15, 0.2) is 22.7 Å². The Morgan fingerprint density at radius 1 is 1.45 bits per heavy atom. The molecule has 0 aliphatic heterocycles. The van der Waals surface area contributed by atoms with Crippen molar-refractivity contribution in [3.05, 3.63) is 41.3 Å². The lowest BCUT2D eigenvalue weighted by Gasteiger charge is -2.09. The molecular weight excluding hydrogens is 263 g/mol. The SMILES string of the molecule is CNc1c(F)cccc1C(=O)NCCc1noc(C)n1. The number of rotatable bonds is 5. The first-order valence-corrected chi connectivity index (χ1v) is 6.15. The van der Waals surface area contributed by atoms with Gasteiger partial charge in [-0.05, 0) is 12.1 Å². The Morgan fingerprint density at radius 3 is 2.90 bits per heavy atom. The summed E-state index contributed by atoms with van der Waals surface area (Å²) in [5, 5.41) is 9.10. The number of hydrogen-bond acceptors (Lipinski definition) is 5. The third kappa shape index (κ3) is 3.11. The summed E-state index contributed by atoms with van der Waals surface area (Å²) in [5.74, 6) is 0.188. The van der Waals surface area contributed by atoms with Crippen LogP contribution in [0.25, 0.3) is 0 Å². The first-order chi connectivity index (χ1) is 9.61. The topological polar surface area (TPSA) is 80.0 Å². The van der Waals surface area contributed by atoms with E-state index in [2.05, 4.69) is 20.8 Å². The molecule has 2 rings (SSSR count). The predicted molar refractivity (Wildman–Crippen MR) is 71.0 cm³/mol. The van der Waals surface area contributed by atoms with Gasteiger partial charge in [-0.3, -0.25) is 4.79 Å². The molecule has 1 heterocycles. The third-order valence-corrected chi connectivity index (χ3v) is 2.71. The Balaban J connectivity index is 1.97. The van der Waals surface area contributed by atoms with Crippen LogP contribution in [0.3, 0.4) is 0 Å². The van der Waals surface area contributed by atoms with Crippen LogP contribution in [-0.4, -0.2) is 29.6 Å². The number of carbonyl (C=O) groups is 1. The van der Waals surface area contributed by atoms with Crippen LogP contribution < -0.4 is 10.6 Å². The molecule has 2 aromatic rings. The van der Waals surface area contributed by atoms with Gasteiger partial charge >= 0.3 is 0 Å². The molecule has 7 heteroatoms. The Labute approximate surface area is 115 Å². The first-order valence-electron chi connectivity index (χ1n) is 6.15. The van der Waals surface area contributed by atoms with E-state index in [0.717, 1.165) is 0 Å². The highest BCUT2D eigenvalue weighted by Gasteiger charge is 2.13. The number of nitrogens with one attached hydrogen (secondary N) is 2. The van der Waals surface area contributed by atoms with Gasteiger partial charge in [0.25, 0.3) is 5.91 Å². The molecule has 0 unspecified atom stereocenters. The number of amides is 1. The van der Waals surface area contributed by atoms with Gasteiger partial charge in [0.2, 0.25) is 5.89 Å². The Kier molecular flexibility index (Phi) is 4.29. The minimum Gasteiger partial charge on any atom is -0.385 e. The number of carbonyl (C=O) groups excluding carboxylic acids is 1. The summed E-state index contributed by atoms with van der Waals surface area (Å²) in [5.41, 5.74) is 0.442. The maximum absolute atomic E-state index is 13.5. The van der Waals surface area contributed by atoms with Crippen LogP contribution >= 0.6 is 0 Å². The van der Waals surface area contributed by atoms with E-state index in [9.17, 15) is 9.18 Å². The maximum atomic E-state index is 13.5. The predicted octanol–water partition coefficient (Wildman–Crippen LogP) is 1.53. The van der Waals surface area contributed by atoms with Crippen molar-refractivity contribution in [3.63, 3.8) is 0 Å². The van der Waals surface area contributed by atoms with Crippen molar-refractivity contribution in [3.8, 4) is 0 Å². The van der Waals surface area contributed by atoms with Crippen molar-refractivity contribution in [2.45, 2.75) is 13.3 Å². The largest absolute Gasteiger partial charge is 0.385 e. The summed E-state index contributed by atoms with van der Waals surface area (Å²) >= 11 is 0. The summed E-state index contributed by atoms with van der Waals surface area (Å²) in [7, 11) is 1.57. The lowest BCUT2D eigenvalue weighted by Crippen LogP contribution is -2.27. The zero-order chi connectivity index (χ0) is 14.5. The second-order valence-electron chi connectivity index (χ2n) is 4.15. The molecule has 1 aromatic heterocycles. The second kappa shape index (κ2) is 6.14. The molecule has 0 bridgehead atoms. The van der Waals surface area contributed by atoms with Gasteiger partial charge in [-0.1, -0.05) is 11.2 Å². The molecular formula is C13H15FN4O2. The van der Waals surface area contributed by atoms with Crippen molar-refractivity contribution < 1.29 is 13.7 Å². The normalized spacial score (nSPS) is 10.3. The number of hydrogen-bond donors (Lipinski definition) is 2. The highest BCUT2D eigenvalue weighted by molar-refractivity contribution is 5.99. The number of aromatic nitrogens is 2. The summed E-state index contributed by atoms with van der Waals surface area (Å²) in [6.45, 7) is 2.04. The number of benzene rings is 1. The standard InChI is InChI=1S/C13H15FN4O2/c1-8-17-11(18-20-8)6-7-16-13(19)9-4-3-5-10(14)12(9)15-2/h3-5,15H,6-7H2,1-2H3,(H,16,19). The summed E-state index contributed by atoms with van der Waals surface area (Å²) in [6, 6.07) is 4.35. The van der Waals surface area contributed by atoms with E-state index in [1.54, 1.807) is 20.0 Å². The van der Waals surface area contributed by atoms with Crippen molar-refractivity contribution in [1.82, 2.24) is 15.5 Å². The van der Waals surface area contributed by atoms with Gasteiger partial charge < -0.3 is 15.2 Å². The fourth-order valence-electron chi connectivity index (χ4n) is 1.79. The molecule has 0 saturated heterocycles. The lowest BCUT2D eigenvalue weighted by molar-refractivity contribution is 0.0954. The molecule has 2 N–H and O–H groups in total. The van der Waals surface area contributed by atoms with Crippen molar-refractivity contribution >= 4 is 11.6 Å². The molecule has 0 spiro atoms. The minimum atomic E-state index is -0.464. The Hall–Kier alpha value is -2.44. The zero-order valence-corrected chi connectivity index (χ0v) is 11.2. The molecule has 106 valence electrons. The second-order valence-corrected chi connectivity index (χ2v) is 4.15. The van der Waals surface area contributed by atoms with Crippen LogP contribution in [0.5, 0.6) is 0 Å². The zero-order valence-electron chi connectivity index (χ0n) is 11.2. The molecule has 1 aromatic carbocycles. The fourth-order valence-corrected chi connectivity index (χ4v) is 1.79. The number of aryl methyl sites for hydroxylation is 1. The highest BCUT2D eigenvalue weighted by atomic mass is 19.1. The van der Waals surface area contributed by atoms with E-state index >= 15 is 0 Å². The van der Waals surface area contributed by atoms with Crippen LogP contribution in [0.2, 0.25) is 0 Å². The highest BCUT2D eigenvalue weighted by Crippen LogP contribution is 2.18. The molecule has 6 nitrogen and oxygen atoms in total. The van der Waals surface area contributed by atoms with Crippen LogP contribution in [0.1, 0.15) is 22.1 Å². The minimum absolute atomic E-state index is 0.181. The van der Waals surface area contributed by atoms with E-state index in [1.807, 2.05) is 0 Å². The van der Waals surface area contributed by atoms with Crippen molar-refractivity contribution in [2.24, 2.45) is 0 Å². The maximum Gasteiger partial charge on any atom is 0.253 e. The summed E-state index contributed by atoms with van der Waals surface area (Å²) in [6.07, 6.45) is 0.452. The van der Waals surface area contributed by atoms with Crippen molar-refractivity contribution in [2.75, 3.05) is 18.9 Å². The average molecular weight is 278 g/mol. The lowest BCUT2D eigenvalue weighted by atomic mass is 10.1. The Morgan fingerprint density at radius 2 is 2.25 bits per heavy atom. The summed E-state index contributed by atoms with van der Waals surface area (Å²) in [4.78, 5) is 16.0. The molecule has 0 fully saturated rings. The van der Waals surface area contributed by atoms with E-state index < -0.39 is 5.82 Å². The molecule has 0 saturated carbocycles. The number of nitrogens with zero attached hydrogens (tertiary/aromatic N) is 2. The van der Waals surface area contributed by atoms with Crippen LogP contribution in [-0.2, 0) is 6.42 Å². The summed E-state index contributed by atoms with van der Waals surface area (Å²) < 4.78 is 18.4. The van der Waals surface area contributed by atoms with E-state index in [4.69, 9.17) is 4.52 Å². The molecule has 0 aliphatic rings. The fraction of sp³-hybridized carbons (Fsp3) is 0.308. The van der Waals surface area contributed by atoms with Gasteiger partial charge in [-0.2, -0.15) is 4.98 Å². The third-order valence-electron chi connectivity index (χ3n) is 2.71. The van der Waals surface area contributed by atoms with Gasteiger partial charge in [0, 0.05) is 26.9 Å². The van der Waals surface area contributed by atoms with Gasteiger partial charge in [0.1, 0.15) is 5.82 Å².